The minimum Gasteiger partial charge on any atom is -0.293 e. The molecule has 158 valence electrons. The zero-order valence-corrected chi connectivity index (χ0v) is 15.9. The molecule has 12 heteroatoms. The van der Waals surface area contributed by atoms with Crippen molar-refractivity contribution in [2.45, 2.75) is 25.6 Å². The molecule has 0 spiro atoms. The number of carbonyl (C=O) groups is 1. The number of hydrogen-bond acceptors (Lipinski definition) is 6. The molecule has 1 aliphatic rings. The van der Waals surface area contributed by atoms with Gasteiger partial charge in [-0.25, -0.2) is 9.20 Å². The topological polar surface area (TPSA) is 103 Å². The Morgan fingerprint density at radius 2 is 2.03 bits per heavy atom. The molecule has 0 radical (unpaired) electrons. The predicted molar refractivity (Wildman–Crippen MR) is 102 cm³/mol. The highest BCUT2D eigenvalue weighted by Crippen LogP contribution is 2.30. The molecular formula is C19H15F3N8O. The minimum atomic E-state index is -4.48. The highest BCUT2D eigenvalue weighted by molar-refractivity contribution is 5.92. The number of alkyl halides is 3. The lowest BCUT2D eigenvalue weighted by molar-refractivity contribution is -0.141. The molecular weight excluding hydrogens is 413 g/mol. The first kappa shape index (κ1) is 19.2. The van der Waals surface area contributed by atoms with Gasteiger partial charge in [0.05, 0.1) is 18.4 Å². The van der Waals surface area contributed by atoms with Gasteiger partial charge in [0.15, 0.2) is 5.65 Å². The van der Waals surface area contributed by atoms with Crippen molar-refractivity contribution in [3.8, 4) is 11.4 Å². The van der Waals surface area contributed by atoms with Crippen LogP contribution in [0.3, 0.4) is 0 Å². The van der Waals surface area contributed by atoms with E-state index in [1.807, 2.05) is 0 Å². The van der Waals surface area contributed by atoms with Gasteiger partial charge in [-0.3, -0.25) is 15.1 Å². The number of aromatic nitrogens is 7. The second-order valence-corrected chi connectivity index (χ2v) is 7.23. The number of amides is 1. The standard InChI is InChI=1S/C19H15F3N8O/c20-19(21,22)15-7-4-11(8-23-15)9-29-10-13(26-28-29)14-2-1-3-16-24-18(27-30(14)16)25-17(31)12-5-6-12/h1-4,7-8,10,12H,5-6,9H2,(H,25,27,31). The summed E-state index contributed by atoms with van der Waals surface area (Å²) in [6, 6.07) is 7.60. The van der Waals surface area contributed by atoms with E-state index in [9.17, 15) is 18.0 Å². The van der Waals surface area contributed by atoms with Crippen molar-refractivity contribution in [1.29, 1.82) is 0 Å². The number of rotatable bonds is 5. The first-order valence-corrected chi connectivity index (χ1v) is 9.46. The van der Waals surface area contributed by atoms with Crippen molar-refractivity contribution in [3.63, 3.8) is 0 Å². The Bertz CT molecular complexity index is 1260. The molecule has 1 amide bonds. The summed E-state index contributed by atoms with van der Waals surface area (Å²) < 4.78 is 41.0. The van der Waals surface area contributed by atoms with Gasteiger partial charge < -0.3 is 0 Å². The number of carbonyl (C=O) groups excluding carboxylic acids is 1. The average Bonchev–Trinajstić information content (AvgIpc) is 3.35. The molecule has 0 saturated heterocycles. The molecule has 1 N–H and O–H groups in total. The van der Waals surface area contributed by atoms with Crippen LogP contribution < -0.4 is 5.32 Å². The number of hydrogen-bond donors (Lipinski definition) is 1. The lowest BCUT2D eigenvalue weighted by Crippen LogP contribution is -2.14. The SMILES string of the molecule is O=C(Nc1nc2cccc(-c3cn(Cc4ccc(C(F)(F)F)nc4)nn3)n2n1)C1CC1. The highest BCUT2D eigenvalue weighted by Gasteiger charge is 2.32. The van der Waals surface area contributed by atoms with Crippen LogP contribution in [0, 0.1) is 5.92 Å². The molecule has 4 heterocycles. The van der Waals surface area contributed by atoms with E-state index in [0.29, 0.717) is 22.6 Å². The number of anilines is 1. The Morgan fingerprint density at radius 3 is 2.74 bits per heavy atom. The molecule has 31 heavy (non-hydrogen) atoms. The van der Waals surface area contributed by atoms with Gasteiger partial charge in [-0.1, -0.05) is 17.3 Å². The summed E-state index contributed by atoms with van der Waals surface area (Å²) in [5, 5.41) is 15.2. The molecule has 9 nitrogen and oxygen atoms in total. The third-order valence-corrected chi connectivity index (χ3v) is 4.80. The quantitative estimate of drug-likeness (QED) is 0.524. The zero-order valence-electron chi connectivity index (χ0n) is 15.9. The van der Waals surface area contributed by atoms with Crippen LogP contribution in [-0.2, 0) is 17.5 Å². The summed E-state index contributed by atoms with van der Waals surface area (Å²) in [7, 11) is 0. The molecule has 4 aromatic heterocycles. The van der Waals surface area contributed by atoms with Gasteiger partial charge in [0, 0.05) is 12.1 Å². The van der Waals surface area contributed by atoms with Crippen molar-refractivity contribution in [1.82, 2.24) is 34.6 Å². The van der Waals surface area contributed by atoms with Gasteiger partial charge in [-0.15, -0.1) is 10.2 Å². The van der Waals surface area contributed by atoms with E-state index in [2.05, 4.69) is 30.7 Å². The third kappa shape index (κ3) is 3.96. The minimum absolute atomic E-state index is 0.0330. The first-order chi connectivity index (χ1) is 14.9. The Labute approximate surface area is 172 Å². The van der Waals surface area contributed by atoms with Crippen LogP contribution in [0.4, 0.5) is 19.1 Å². The molecule has 1 fully saturated rings. The second-order valence-electron chi connectivity index (χ2n) is 7.23. The van der Waals surface area contributed by atoms with Crippen molar-refractivity contribution < 1.29 is 18.0 Å². The van der Waals surface area contributed by atoms with Gasteiger partial charge in [0.2, 0.25) is 11.9 Å². The van der Waals surface area contributed by atoms with E-state index in [1.54, 1.807) is 28.9 Å². The van der Waals surface area contributed by atoms with Crippen LogP contribution in [0.25, 0.3) is 17.0 Å². The van der Waals surface area contributed by atoms with Crippen molar-refractivity contribution >= 4 is 17.5 Å². The maximum atomic E-state index is 12.7. The molecule has 0 unspecified atom stereocenters. The summed E-state index contributed by atoms with van der Waals surface area (Å²) in [6.07, 6.45) is 0.0875. The molecule has 0 bridgehead atoms. The lowest BCUT2D eigenvalue weighted by atomic mass is 10.2. The van der Waals surface area contributed by atoms with Crippen LogP contribution >= 0.6 is 0 Å². The normalized spacial score (nSPS) is 14.2. The Balaban J connectivity index is 1.37. The average molecular weight is 428 g/mol. The summed E-state index contributed by atoms with van der Waals surface area (Å²) in [4.78, 5) is 19.7. The fraction of sp³-hybridized carbons (Fsp3) is 0.263. The number of halogens is 3. The van der Waals surface area contributed by atoms with E-state index >= 15 is 0 Å². The molecule has 0 atom stereocenters. The molecule has 4 aromatic rings. The lowest BCUT2D eigenvalue weighted by Gasteiger charge is -2.06. The number of pyridine rings is 2. The molecule has 1 aliphatic carbocycles. The largest absolute Gasteiger partial charge is 0.433 e. The summed E-state index contributed by atoms with van der Waals surface area (Å²) in [5.74, 6) is 0.159. The molecule has 0 aliphatic heterocycles. The molecule has 1 saturated carbocycles. The van der Waals surface area contributed by atoms with E-state index in [-0.39, 0.29) is 24.3 Å². The number of nitrogens with one attached hydrogen (secondary N) is 1. The van der Waals surface area contributed by atoms with Crippen LogP contribution in [-0.4, -0.2) is 40.5 Å². The van der Waals surface area contributed by atoms with Crippen LogP contribution in [0.2, 0.25) is 0 Å². The van der Waals surface area contributed by atoms with E-state index in [4.69, 9.17) is 0 Å². The van der Waals surface area contributed by atoms with Crippen molar-refractivity contribution in [3.05, 3.63) is 54.0 Å². The first-order valence-electron chi connectivity index (χ1n) is 9.46. The molecule has 5 rings (SSSR count). The zero-order chi connectivity index (χ0) is 21.6. The van der Waals surface area contributed by atoms with E-state index < -0.39 is 11.9 Å². The monoisotopic (exact) mass is 428 g/mol. The Morgan fingerprint density at radius 1 is 1.19 bits per heavy atom. The number of fused-ring (bicyclic) bond motifs is 1. The fourth-order valence-corrected chi connectivity index (χ4v) is 3.08. The predicted octanol–water partition coefficient (Wildman–Crippen LogP) is 2.80. The van der Waals surface area contributed by atoms with E-state index in [1.165, 1.54) is 10.7 Å². The van der Waals surface area contributed by atoms with Gasteiger partial charge >= 0.3 is 6.18 Å². The summed E-state index contributed by atoms with van der Waals surface area (Å²) in [5.41, 5.74) is 1.24. The maximum Gasteiger partial charge on any atom is 0.433 e. The Kier molecular flexibility index (Phi) is 4.41. The van der Waals surface area contributed by atoms with Gasteiger partial charge in [0.25, 0.3) is 0 Å². The van der Waals surface area contributed by atoms with Gasteiger partial charge in [-0.2, -0.15) is 18.2 Å². The highest BCUT2D eigenvalue weighted by atomic mass is 19.4. The molecule has 0 aromatic carbocycles. The maximum absolute atomic E-state index is 12.7. The summed E-state index contributed by atoms with van der Waals surface area (Å²) in [6.45, 7) is 0.203. The van der Waals surface area contributed by atoms with Crippen molar-refractivity contribution in [2.24, 2.45) is 5.92 Å². The van der Waals surface area contributed by atoms with Crippen molar-refractivity contribution in [2.75, 3.05) is 5.32 Å². The second kappa shape index (κ2) is 7.15. The van der Waals surface area contributed by atoms with Crippen LogP contribution in [0.5, 0.6) is 0 Å². The van der Waals surface area contributed by atoms with E-state index in [0.717, 1.165) is 25.1 Å². The van der Waals surface area contributed by atoms with Crippen LogP contribution in [0.1, 0.15) is 24.1 Å². The van der Waals surface area contributed by atoms with Gasteiger partial charge in [-0.05, 0) is 36.6 Å². The smallest absolute Gasteiger partial charge is 0.293 e. The Hall–Kier alpha value is -3.83. The fourth-order valence-electron chi connectivity index (χ4n) is 3.08. The third-order valence-electron chi connectivity index (χ3n) is 4.80. The van der Waals surface area contributed by atoms with Gasteiger partial charge in [0.1, 0.15) is 11.4 Å². The number of nitrogens with zero attached hydrogens (tertiary/aromatic N) is 7. The van der Waals surface area contributed by atoms with Crippen LogP contribution in [0.15, 0.2) is 42.7 Å². The summed E-state index contributed by atoms with van der Waals surface area (Å²) >= 11 is 0.